The van der Waals surface area contributed by atoms with Crippen LogP contribution in [0.1, 0.15) is 34.6 Å². The molecular formula is C12H19NO4. The minimum atomic E-state index is -0.611. The van der Waals surface area contributed by atoms with Gasteiger partial charge in [0.25, 0.3) is 0 Å². The van der Waals surface area contributed by atoms with E-state index in [9.17, 15) is 14.4 Å². The molecule has 1 aliphatic heterocycles. The van der Waals surface area contributed by atoms with E-state index < -0.39 is 11.6 Å². The van der Waals surface area contributed by atoms with E-state index >= 15 is 0 Å². The lowest BCUT2D eigenvalue weighted by Gasteiger charge is -2.21. The predicted octanol–water partition coefficient (Wildman–Crippen LogP) is 0.969. The number of hydrogen-bond donors (Lipinski definition) is 0. The molecule has 0 aromatic heterocycles. The Morgan fingerprint density at radius 2 is 1.59 bits per heavy atom. The molecule has 1 rings (SSSR count). The Bertz CT molecular complexity index is 336. The third kappa shape index (κ3) is 3.05. The van der Waals surface area contributed by atoms with Crippen molar-refractivity contribution in [3.63, 3.8) is 0 Å². The highest BCUT2D eigenvalue weighted by Gasteiger charge is 2.43. The third-order valence-electron chi connectivity index (χ3n) is 2.77. The van der Waals surface area contributed by atoms with E-state index in [0.717, 1.165) is 4.90 Å². The highest BCUT2D eigenvalue weighted by molar-refractivity contribution is 6.06. The molecule has 5 heteroatoms. The summed E-state index contributed by atoms with van der Waals surface area (Å²) in [5.74, 6) is -1.86. The second-order valence-corrected chi connectivity index (χ2v) is 5.43. The molecule has 0 aromatic rings. The Labute approximate surface area is 101 Å². The molecule has 17 heavy (non-hydrogen) atoms. The first-order valence-corrected chi connectivity index (χ1v) is 5.70. The number of imide groups is 1. The number of ether oxygens (including phenoxy) is 1. The Balaban J connectivity index is 2.67. The van der Waals surface area contributed by atoms with Gasteiger partial charge in [-0.05, 0) is 20.8 Å². The van der Waals surface area contributed by atoms with E-state index in [1.807, 2.05) is 0 Å². The molecule has 0 spiro atoms. The number of hydrogen-bond acceptors (Lipinski definition) is 4. The van der Waals surface area contributed by atoms with E-state index in [1.54, 1.807) is 34.6 Å². The number of carbonyl (C=O) groups is 3. The number of carbonyl (C=O) groups excluding carboxylic acids is 3. The van der Waals surface area contributed by atoms with Crippen LogP contribution in [0, 0.1) is 11.8 Å². The zero-order chi connectivity index (χ0) is 13.4. The van der Waals surface area contributed by atoms with Crippen molar-refractivity contribution < 1.29 is 19.1 Å². The maximum atomic E-state index is 11.7. The number of nitrogens with zero attached hydrogens (tertiary/aromatic N) is 1. The average molecular weight is 241 g/mol. The lowest BCUT2D eigenvalue weighted by Crippen LogP contribution is -2.38. The largest absolute Gasteiger partial charge is 0.459 e. The summed E-state index contributed by atoms with van der Waals surface area (Å²) in [5.41, 5.74) is -0.611. The average Bonchev–Trinajstić information content (AvgIpc) is 2.33. The number of likely N-dealkylation sites (tertiary alicyclic amines) is 1. The normalized spacial score (nSPS) is 25.4. The Morgan fingerprint density at radius 1 is 1.18 bits per heavy atom. The van der Waals surface area contributed by atoms with Crippen LogP contribution in [0.3, 0.4) is 0 Å². The predicted molar refractivity (Wildman–Crippen MR) is 60.9 cm³/mol. The zero-order valence-electron chi connectivity index (χ0n) is 10.9. The Hall–Kier alpha value is -1.39. The van der Waals surface area contributed by atoms with Crippen molar-refractivity contribution >= 4 is 17.8 Å². The Morgan fingerprint density at radius 3 is 1.94 bits per heavy atom. The lowest BCUT2D eigenvalue weighted by atomic mass is 10.00. The van der Waals surface area contributed by atoms with Gasteiger partial charge in [-0.1, -0.05) is 13.8 Å². The molecule has 1 saturated heterocycles. The van der Waals surface area contributed by atoms with Gasteiger partial charge in [0.15, 0.2) is 0 Å². The molecule has 0 aliphatic carbocycles. The van der Waals surface area contributed by atoms with Crippen molar-refractivity contribution in [2.24, 2.45) is 11.8 Å². The van der Waals surface area contributed by atoms with Gasteiger partial charge in [0, 0.05) is 11.8 Å². The fraction of sp³-hybridized carbons (Fsp3) is 0.750. The number of rotatable bonds is 2. The monoisotopic (exact) mass is 241 g/mol. The number of amides is 2. The molecule has 0 N–H and O–H groups in total. The van der Waals surface area contributed by atoms with Crippen LogP contribution in [0.15, 0.2) is 0 Å². The molecule has 5 nitrogen and oxygen atoms in total. The first kappa shape index (κ1) is 13.7. The minimum Gasteiger partial charge on any atom is -0.459 e. The molecular weight excluding hydrogens is 222 g/mol. The summed E-state index contributed by atoms with van der Waals surface area (Å²) in [4.78, 5) is 36.0. The van der Waals surface area contributed by atoms with Gasteiger partial charge in [0.1, 0.15) is 12.1 Å². The van der Waals surface area contributed by atoms with Crippen molar-refractivity contribution in [3.8, 4) is 0 Å². The molecule has 0 aromatic carbocycles. The van der Waals surface area contributed by atoms with Gasteiger partial charge in [-0.3, -0.25) is 19.3 Å². The van der Waals surface area contributed by atoms with Gasteiger partial charge in [-0.2, -0.15) is 0 Å². The molecule has 1 aliphatic rings. The highest BCUT2D eigenvalue weighted by Crippen LogP contribution is 2.25. The summed E-state index contributed by atoms with van der Waals surface area (Å²) >= 11 is 0. The van der Waals surface area contributed by atoms with E-state index in [-0.39, 0.29) is 30.2 Å². The lowest BCUT2D eigenvalue weighted by molar-refractivity contribution is -0.161. The summed E-state index contributed by atoms with van der Waals surface area (Å²) in [6.07, 6.45) is 0. The van der Waals surface area contributed by atoms with Gasteiger partial charge in [-0.25, -0.2) is 0 Å². The SMILES string of the molecule is CC1C(=O)N(CC(=O)OC(C)(C)C)C(=O)C1C. The van der Waals surface area contributed by atoms with Crippen LogP contribution >= 0.6 is 0 Å². The molecule has 0 saturated carbocycles. The van der Waals surface area contributed by atoms with Crippen molar-refractivity contribution in [2.45, 2.75) is 40.2 Å². The summed E-state index contributed by atoms with van der Waals surface area (Å²) in [7, 11) is 0. The van der Waals surface area contributed by atoms with Crippen LogP contribution < -0.4 is 0 Å². The minimum absolute atomic E-state index is 0.288. The van der Waals surface area contributed by atoms with E-state index in [0.29, 0.717) is 0 Å². The first-order valence-electron chi connectivity index (χ1n) is 5.70. The maximum absolute atomic E-state index is 11.7. The first-order chi connectivity index (χ1) is 7.63. The quantitative estimate of drug-likeness (QED) is 0.534. The standard InChI is InChI=1S/C12H19NO4/c1-7-8(2)11(16)13(10(7)15)6-9(14)17-12(3,4)5/h7-8H,6H2,1-5H3. The van der Waals surface area contributed by atoms with E-state index in [1.165, 1.54) is 0 Å². The molecule has 96 valence electrons. The van der Waals surface area contributed by atoms with Crippen LogP contribution in [0.4, 0.5) is 0 Å². The topological polar surface area (TPSA) is 63.7 Å². The summed E-state index contributed by atoms with van der Waals surface area (Å²) in [6.45, 7) is 8.32. The van der Waals surface area contributed by atoms with Crippen LogP contribution in [0.2, 0.25) is 0 Å². The van der Waals surface area contributed by atoms with Crippen LogP contribution in [-0.4, -0.2) is 34.8 Å². The van der Waals surface area contributed by atoms with Gasteiger partial charge >= 0.3 is 5.97 Å². The molecule has 2 atom stereocenters. The van der Waals surface area contributed by atoms with Crippen molar-refractivity contribution in [2.75, 3.05) is 6.54 Å². The molecule has 1 fully saturated rings. The molecule has 2 amide bonds. The van der Waals surface area contributed by atoms with Gasteiger partial charge in [0.05, 0.1) is 0 Å². The maximum Gasteiger partial charge on any atom is 0.326 e. The van der Waals surface area contributed by atoms with Crippen molar-refractivity contribution in [1.29, 1.82) is 0 Å². The zero-order valence-corrected chi connectivity index (χ0v) is 10.9. The van der Waals surface area contributed by atoms with Crippen LogP contribution in [0.25, 0.3) is 0 Å². The van der Waals surface area contributed by atoms with E-state index in [4.69, 9.17) is 4.74 Å². The third-order valence-corrected chi connectivity index (χ3v) is 2.77. The van der Waals surface area contributed by atoms with Crippen molar-refractivity contribution in [3.05, 3.63) is 0 Å². The van der Waals surface area contributed by atoms with E-state index in [2.05, 4.69) is 0 Å². The number of esters is 1. The fourth-order valence-electron chi connectivity index (χ4n) is 1.69. The van der Waals surface area contributed by atoms with Crippen LogP contribution in [-0.2, 0) is 19.1 Å². The van der Waals surface area contributed by atoms with Gasteiger partial charge in [-0.15, -0.1) is 0 Å². The molecule has 0 radical (unpaired) electrons. The second kappa shape index (κ2) is 4.47. The second-order valence-electron chi connectivity index (χ2n) is 5.43. The summed E-state index contributed by atoms with van der Waals surface area (Å²) < 4.78 is 5.08. The highest BCUT2D eigenvalue weighted by atomic mass is 16.6. The molecule has 0 bridgehead atoms. The molecule has 2 unspecified atom stereocenters. The summed E-state index contributed by atoms with van der Waals surface area (Å²) in [5, 5.41) is 0. The smallest absolute Gasteiger partial charge is 0.326 e. The fourth-order valence-corrected chi connectivity index (χ4v) is 1.69. The van der Waals surface area contributed by atoms with Crippen LogP contribution in [0.5, 0.6) is 0 Å². The summed E-state index contributed by atoms with van der Waals surface area (Å²) in [6, 6.07) is 0. The molecule has 1 heterocycles. The Kier molecular flexibility index (Phi) is 3.59. The van der Waals surface area contributed by atoms with Crippen molar-refractivity contribution in [1.82, 2.24) is 4.90 Å². The van der Waals surface area contributed by atoms with Gasteiger partial charge in [0.2, 0.25) is 11.8 Å². The van der Waals surface area contributed by atoms with Gasteiger partial charge < -0.3 is 4.74 Å².